The summed E-state index contributed by atoms with van der Waals surface area (Å²) in [5.74, 6) is -0.731. The van der Waals surface area contributed by atoms with Crippen molar-refractivity contribution < 1.29 is 19.4 Å². The van der Waals surface area contributed by atoms with Crippen molar-refractivity contribution in [3.8, 4) is 6.01 Å². The molecule has 1 N–H and O–H groups in total. The standard InChI is InChI=1S/C19H27N5O4/c1-4-17(25)23-8-9-24(13(2)11-23)16-10-15(18(26)27)20-19(21-16)28-12-14-6-5-7-22(14)3/h4,10,13-14H,1,5-9,11-12H2,2-3H3,(H,26,27). The number of anilines is 1. The molecule has 0 bridgehead atoms. The normalized spacial score (nSPS) is 22.9. The van der Waals surface area contributed by atoms with E-state index in [0.29, 0.717) is 32.1 Å². The van der Waals surface area contributed by atoms with Gasteiger partial charge < -0.3 is 24.5 Å². The van der Waals surface area contributed by atoms with E-state index in [4.69, 9.17) is 4.74 Å². The van der Waals surface area contributed by atoms with Crippen LogP contribution in [-0.2, 0) is 4.79 Å². The van der Waals surface area contributed by atoms with Gasteiger partial charge in [-0.25, -0.2) is 4.79 Å². The van der Waals surface area contributed by atoms with Gasteiger partial charge in [-0.1, -0.05) is 6.58 Å². The van der Waals surface area contributed by atoms with Gasteiger partial charge in [-0.15, -0.1) is 0 Å². The fraction of sp³-hybridized carbons (Fsp3) is 0.579. The van der Waals surface area contributed by atoms with Gasteiger partial charge in [-0.05, 0) is 39.4 Å². The molecule has 2 atom stereocenters. The lowest BCUT2D eigenvalue weighted by Gasteiger charge is -2.40. The summed E-state index contributed by atoms with van der Waals surface area (Å²) in [6.45, 7) is 8.53. The topological polar surface area (TPSA) is 99.1 Å². The average Bonchev–Trinajstić information content (AvgIpc) is 3.10. The maximum atomic E-state index is 11.9. The molecule has 0 saturated carbocycles. The number of carbonyl (C=O) groups is 2. The number of aromatic carboxylic acids is 1. The molecular weight excluding hydrogens is 362 g/mol. The first-order chi connectivity index (χ1) is 13.4. The predicted octanol–water partition coefficient (Wildman–Crippen LogP) is 0.871. The van der Waals surface area contributed by atoms with Crippen molar-refractivity contribution in [2.24, 2.45) is 0 Å². The van der Waals surface area contributed by atoms with Crippen molar-refractivity contribution >= 4 is 17.7 Å². The Labute approximate surface area is 164 Å². The summed E-state index contributed by atoms with van der Waals surface area (Å²) >= 11 is 0. The van der Waals surface area contributed by atoms with E-state index in [1.165, 1.54) is 12.1 Å². The van der Waals surface area contributed by atoms with Crippen molar-refractivity contribution in [1.82, 2.24) is 19.8 Å². The van der Waals surface area contributed by atoms with Crippen molar-refractivity contribution in [3.05, 3.63) is 24.4 Å². The van der Waals surface area contributed by atoms with Crippen LogP contribution in [0.15, 0.2) is 18.7 Å². The van der Waals surface area contributed by atoms with Crippen LogP contribution < -0.4 is 9.64 Å². The molecular formula is C19H27N5O4. The lowest BCUT2D eigenvalue weighted by Crippen LogP contribution is -2.53. The van der Waals surface area contributed by atoms with E-state index < -0.39 is 5.97 Å². The lowest BCUT2D eigenvalue weighted by atomic mass is 10.2. The highest BCUT2D eigenvalue weighted by Gasteiger charge is 2.28. The summed E-state index contributed by atoms with van der Waals surface area (Å²) in [6.07, 6.45) is 3.47. The van der Waals surface area contributed by atoms with Crippen LogP contribution in [0.5, 0.6) is 6.01 Å². The van der Waals surface area contributed by atoms with Crippen LogP contribution in [0.4, 0.5) is 5.82 Å². The fourth-order valence-corrected chi connectivity index (χ4v) is 3.72. The molecule has 28 heavy (non-hydrogen) atoms. The second kappa shape index (κ2) is 8.55. The number of piperazine rings is 1. The Morgan fingerprint density at radius 2 is 2.14 bits per heavy atom. The molecule has 2 fully saturated rings. The molecule has 0 aliphatic carbocycles. The zero-order valence-corrected chi connectivity index (χ0v) is 16.4. The first kappa shape index (κ1) is 20.1. The SMILES string of the molecule is C=CC(=O)N1CCN(c2cc(C(=O)O)nc(OCC3CCCN3C)n2)C(C)C1. The van der Waals surface area contributed by atoms with Gasteiger partial charge in [0.1, 0.15) is 12.4 Å². The summed E-state index contributed by atoms with van der Waals surface area (Å²) < 4.78 is 5.76. The van der Waals surface area contributed by atoms with Gasteiger partial charge in [0.25, 0.3) is 0 Å². The summed E-state index contributed by atoms with van der Waals surface area (Å²) in [5.41, 5.74) is -0.100. The maximum Gasteiger partial charge on any atom is 0.354 e. The zero-order chi connectivity index (χ0) is 20.3. The number of rotatable bonds is 6. The molecule has 1 aromatic heterocycles. The first-order valence-corrected chi connectivity index (χ1v) is 9.52. The van der Waals surface area contributed by atoms with Crippen LogP contribution in [0, 0.1) is 0 Å². The highest BCUT2D eigenvalue weighted by molar-refractivity contribution is 5.87. The third-order valence-corrected chi connectivity index (χ3v) is 5.40. The molecule has 2 unspecified atom stereocenters. The van der Waals surface area contributed by atoms with Crippen molar-refractivity contribution in [2.75, 3.05) is 44.7 Å². The van der Waals surface area contributed by atoms with Gasteiger partial charge in [0.2, 0.25) is 5.91 Å². The van der Waals surface area contributed by atoms with Gasteiger partial charge >= 0.3 is 12.0 Å². The minimum absolute atomic E-state index is 0.0250. The van der Waals surface area contributed by atoms with Crippen LogP contribution >= 0.6 is 0 Å². The number of hydrogen-bond acceptors (Lipinski definition) is 7. The van der Waals surface area contributed by atoms with E-state index >= 15 is 0 Å². The maximum absolute atomic E-state index is 11.9. The summed E-state index contributed by atoms with van der Waals surface area (Å²) in [4.78, 5) is 37.8. The van der Waals surface area contributed by atoms with E-state index in [1.807, 2.05) is 18.9 Å². The van der Waals surface area contributed by atoms with Crippen LogP contribution in [0.3, 0.4) is 0 Å². The Morgan fingerprint density at radius 3 is 2.75 bits per heavy atom. The van der Waals surface area contributed by atoms with Gasteiger partial charge in [0.15, 0.2) is 5.69 Å². The van der Waals surface area contributed by atoms with E-state index in [9.17, 15) is 14.7 Å². The summed E-state index contributed by atoms with van der Waals surface area (Å²) in [7, 11) is 2.05. The number of likely N-dealkylation sites (N-methyl/N-ethyl adjacent to an activating group) is 1. The third kappa shape index (κ3) is 4.41. The van der Waals surface area contributed by atoms with Crippen LogP contribution in [0.2, 0.25) is 0 Å². The van der Waals surface area contributed by atoms with Gasteiger partial charge in [0.05, 0.1) is 0 Å². The number of ether oxygens (including phenoxy) is 1. The van der Waals surface area contributed by atoms with Crippen LogP contribution in [-0.4, -0.2) is 88.7 Å². The number of carboxylic acids is 1. The zero-order valence-electron chi connectivity index (χ0n) is 16.4. The summed E-state index contributed by atoms with van der Waals surface area (Å²) in [6, 6.07) is 1.79. The number of carboxylic acid groups (broad SMARTS) is 1. The Balaban J connectivity index is 1.76. The highest BCUT2D eigenvalue weighted by atomic mass is 16.5. The second-order valence-corrected chi connectivity index (χ2v) is 7.32. The molecule has 0 spiro atoms. The Kier molecular flexibility index (Phi) is 6.13. The molecule has 0 radical (unpaired) electrons. The van der Waals surface area contributed by atoms with E-state index in [0.717, 1.165) is 19.4 Å². The molecule has 3 heterocycles. The van der Waals surface area contributed by atoms with Crippen molar-refractivity contribution in [3.63, 3.8) is 0 Å². The molecule has 2 saturated heterocycles. The van der Waals surface area contributed by atoms with Crippen LogP contribution in [0.1, 0.15) is 30.3 Å². The Hall–Kier alpha value is -2.68. The number of likely N-dealkylation sites (tertiary alicyclic amines) is 1. The second-order valence-electron chi connectivity index (χ2n) is 7.32. The number of nitrogens with zero attached hydrogens (tertiary/aromatic N) is 5. The van der Waals surface area contributed by atoms with Gasteiger partial charge in [-0.2, -0.15) is 9.97 Å². The largest absolute Gasteiger partial charge is 0.477 e. The molecule has 0 aromatic carbocycles. The number of carbonyl (C=O) groups excluding carboxylic acids is 1. The van der Waals surface area contributed by atoms with E-state index in [2.05, 4.69) is 21.4 Å². The Bertz CT molecular complexity index is 756. The molecule has 2 aliphatic heterocycles. The number of amides is 1. The van der Waals surface area contributed by atoms with Gasteiger partial charge in [-0.3, -0.25) is 4.79 Å². The predicted molar refractivity (Wildman–Crippen MR) is 104 cm³/mol. The van der Waals surface area contributed by atoms with Crippen molar-refractivity contribution in [1.29, 1.82) is 0 Å². The molecule has 1 aromatic rings. The fourth-order valence-electron chi connectivity index (χ4n) is 3.72. The number of aromatic nitrogens is 2. The van der Waals surface area contributed by atoms with Crippen molar-refractivity contribution in [2.45, 2.75) is 31.8 Å². The quantitative estimate of drug-likeness (QED) is 0.716. The van der Waals surface area contributed by atoms with E-state index in [-0.39, 0.29) is 29.7 Å². The smallest absolute Gasteiger partial charge is 0.354 e. The lowest BCUT2D eigenvalue weighted by molar-refractivity contribution is -0.126. The molecule has 2 aliphatic rings. The Morgan fingerprint density at radius 1 is 1.36 bits per heavy atom. The number of hydrogen-bond donors (Lipinski definition) is 1. The summed E-state index contributed by atoms with van der Waals surface area (Å²) in [5, 5.41) is 9.43. The molecule has 1 amide bonds. The van der Waals surface area contributed by atoms with Gasteiger partial charge in [0, 0.05) is 37.8 Å². The molecule has 9 nitrogen and oxygen atoms in total. The minimum atomic E-state index is -1.13. The monoisotopic (exact) mass is 389 g/mol. The minimum Gasteiger partial charge on any atom is -0.477 e. The first-order valence-electron chi connectivity index (χ1n) is 9.52. The molecule has 152 valence electrons. The molecule has 3 rings (SSSR count). The van der Waals surface area contributed by atoms with E-state index in [1.54, 1.807) is 4.90 Å². The van der Waals surface area contributed by atoms with Crippen LogP contribution in [0.25, 0.3) is 0 Å². The average molecular weight is 389 g/mol. The molecule has 9 heteroatoms. The third-order valence-electron chi connectivity index (χ3n) is 5.40. The highest BCUT2D eigenvalue weighted by Crippen LogP contribution is 2.23.